The van der Waals surface area contributed by atoms with Crippen molar-refractivity contribution in [1.29, 1.82) is 0 Å². The normalized spacial score (nSPS) is 20.1. The molecule has 1 aromatic carbocycles. The molecule has 4 nitrogen and oxygen atoms in total. The highest BCUT2D eigenvalue weighted by atomic mass is 79.9. The van der Waals surface area contributed by atoms with Gasteiger partial charge in [0.2, 0.25) is 5.91 Å². The third-order valence-electron chi connectivity index (χ3n) is 3.79. The molecule has 1 aliphatic heterocycles. The molecule has 0 radical (unpaired) electrons. The van der Waals surface area contributed by atoms with Crippen LogP contribution in [-0.2, 0) is 14.8 Å². The minimum Gasteiger partial charge on any atom is -0.274 e. The molecule has 0 aromatic heterocycles. The molecule has 0 N–H and O–H groups in total. The van der Waals surface area contributed by atoms with Crippen LogP contribution in [0.15, 0.2) is 27.6 Å². The lowest BCUT2D eigenvalue weighted by molar-refractivity contribution is -0.123. The average Bonchev–Trinajstić information content (AvgIpc) is 2.75. The molecule has 1 saturated heterocycles. The topological polar surface area (TPSA) is 54.5 Å². The predicted octanol–water partition coefficient (Wildman–Crippen LogP) is 3.69. The van der Waals surface area contributed by atoms with Crippen LogP contribution in [-0.4, -0.2) is 25.2 Å². The number of carbonyl (C=O) groups is 1. The Balaban J connectivity index is 2.36. The van der Waals surface area contributed by atoms with Gasteiger partial charge >= 0.3 is 0 Å². The van der Waals surface area contributed by atoms with Gasteiger partial charge in [0.05, 0.1) is 9.92 Å². The minimum absolute atomic E-state index is 0.0236. The number of halogens is 2. The first kappa shape index (κ1) is 16.8. The van der Waals surface area contributed by atoms with Gasteiger partial charge in [0.1, 0.15) is 0 Å². The van der Waals surface area contributed by atoms with Crippen molar-refractivity contribution in [2.75, 3.05) is 6.54 Å². The quantitative estimate of drug-likeness (QED) is 0.769. The summed E-state index contributed by atoms with van der Waals surface area (Å²) in [4.78, 5) is 12.2. The van der Waals surface area contributed by atoms with E-state index < -0.39 is 10.0 Å². The van der Waals surface area contributed by atoms with E-state index in [0.29, 0.717) is 9.50 Å². The maximum atomic E-state index is 12.6. The summed E-state index contributed by atoms with van der Waals surface area (Å²) in [6.07, 6.45) is 0.261. The van der Waals surface area contributed by atoms with E-state index in [1.54, 1.807) is 0 Å². The molecule has 1 amide bonds. The maximum Gasteiger partial charge on any atom is 0.266 e. The highest BCUT2D eigenvalue weighted by Crippen LogP contribution is 2.37. The molecule has 116 valence electrons. The zero-order valence-corrected chi connectivity index (χ0v) is 15.2. The molecule has 2 rings (SSSR count). The Morgan fingerprint density at radius 2 is 1.95 bits per heavy atom. The molecule has 1 unspecified atom stereocenters. The number of amides is 1. The zero-order valence-electron chi connectivity index (χ0n) is 12.1. The highest BCUT2D eigenvalue weighted by Gasteiger charge is 2.42. The lowest BCUT2D eigenvalue weighted by atomic mass is 9.80. The molecule has 0 bridgehead atoms. The van der Waals surface area contributed by atoms with Gasteiger partial charge in [-0.3, -0.25) is 4.79 Å². The third kappa shape index (κ3) is 3.27. The summed E-state index contributed by atoms with van der Waals surface area (Å²) in [5.41, 5.74) is -0.111. The van der Waals surface area contributed by atoms with Crippen LogP contribution in [0.2, 0.25) is 5.02 Å². The van der Waals surface area contributed by atoms with Crippen molar-refractivity contribution in [2.24, 2.45) is 11.3 Å². The molecule has 0 saturated carbocycles. The van der Waals surface area contributed by atoms with Crippen molar-refractivity contribution in [3.8, 4) is 0 Å². The fraction of sp³-hybridized carbons (Fsp3) is 0.500. The van der Waals surface area contributed by atoms with Crippen molar-refractivity contribution in [3.05, 3.63) is 27.7 Å². The molecule has 0 aliphatic carbocycles. The van der Waals surface area contributed by atoms with E-state index >= 15 is 0 Å². The monoisotopic (exact) mass is 393 g/mol. The van der Waals surface area contributed by atoms with Crippen molar-refractivity contribution in [2.45, 2.75) is 32.1 Å². The number of sulfonamides is 1. The number of benzene rings is 1. The van der Waals surface area contributed by atoms with E-state index in [9.17, 15) is 13.2 Å². The molecule has 1 fully saturated rings. The second-order valence-corrected chi connectivity index (χ2v) is 9.40. The first-order valence-electron chi connectivity index (χ1n) is 6.54. The van der Waals surface area contributed by atoms with Crippen molar-refractivity contribution < 1.29 is 13.2 Å². The van der Waals surface area contributed by atoms with Crippen LogP contribution < -0.4 is 0 Å². The molecule has 0 spiro atoms. The highest BCUT2D eigenvalue weighted by molar-refractivity contribution is 9.10. The summed E-state index contributed by atoms with van der Waals surface area (Å²) in [6, 6.07) is 4.34. The van der Waals surface area contributed by atoms with Gasteiger partial charge < -0.3 is 0 Å². The summed E-state index contributed by atoms with van der Waals surface area (Å²) in [5.74, 6) is -0.323. The summed E-state index contributed by atoms with van der Waals surface area (Å²) >= 11 is 9.09. The lowest BCUT2D eigenvalue weighted by Crippen LogP contribution is -2.33. The third-order valence-corrected chi connectivity index (χ3v) is 6.79. The van der Waals surface area contributed by atoms with E-state index in [2.05, 4.69) is 15.9 Å². The van der Waals surface area contributed by atoms with Gasteiger partial charge in [-0.2, -0.15) is 0 Å². The van der Waals surface area contributed by atoms with Crippen LogP contribution in [0.1, 0.15) is 27.2 Å². The van der Waals surface area contributed by atoms with Crippen molar-refractivity contribution in [3.63, 3.8) is 0 Å². The Bertz CT molecular complexity index is 682. The van der Waals surface area contributed by atoms with Gasteiger partial charge in [-0.1, -0.05) is 32.4 Å². The van der Waals surface area contributed by atoms with Gasteiger partial charge in [0, 0.05) is 17.4 Å². The van der Waals surface area contributed by atoms with E-state index in [1.807, 2.05) is 20.8 Å². The van der Waals surface area contributed by atoms with E-state index in [-0.39, 0.29) is 35.1 Å². The lowest BCUT2D eigenvalue weighted by Gasteiger charge is -2.26. The maximum absolute atomic E-state index is 12.6. The fourth-order valence-electron chi connectivity index (χ4n) is 2.26. The van der Waals surface area contributed by atoms with E-state index in [1.165, 1.54) is 18.2 Å². The molecule has 1 atom stereocenters. The van der Waals surface area contributed by atoms with Gasteiger partial charge in [-0.15, -0.1) is 0 Å². The molecule has 1 aromatic rings. The van der Waals surface area contributed by atoms with Crippen LogP contribution in [0.4, 0.5) is 0 Å². The Kier molecular flexibility index (Phi) is 4.44. The summed E-state index contributed by atoms with van der Waals surface area (Å²) < 4.78 is 26.7. The number of rotatable bonds is 2. The van der Waals surface area contributed by atoms with Crippen LogP contribution in [0.5, 0.6) is 0 Å². The number of nitrogens with zero attached hydrogens (tertiary/aromatic N) is 1. The van der Waals surface area contributed by atoms with Crippen LogP contribution in [0, 0.1) is 11.3 Å². The van der Waals surface area contributed by atoms with Crippen molar-refractivity contribution in [1.82, 2.24) is 4.31 Å². The SMILES string of the molecule is CC(C)(C)C1CC(=O)N(S(=O)(=O)c2ccc(Cl)c(Br)c2)C1. The first-order valence-corrected chi connectivity index (χ1v) is 9.15. The van der Waals surface area contributed by atoms with Crippen LogP contribution >= 0.6 is 27.5 Å². The van der Waals surface area contributed by atoms with Gasteiger partial charge in [-0.05, 0) is 45.5 Å². The predicted molar refractivity (Wildman–Crippen MR) is 85.6 cm³/mol. The van der Waals surface area contributed by atoms with E-state index in [0.717, 1.165) is 4.31 Å². The second-order valence-electron chi connectivity index (χ2n) is 6.27. The van der Waals surface area contributed by atoms with Crippen LogP contribution in [0.25, 0.3) is 0 Å². The smallest absolute Gasteiger partial charge is 0.266 e. The van der Waals surface area contributed by atoms with Crippen LogP contribution in [0.3, 0.4) is 0 Å². The minimum atomic E-state index is -3.83. The molecule has 21 heavy (non-hydrogen) atoms. The standard InChI is InChI=1S/C14H17BrClNO3S/c1-14(2,3)9-6-13(18)17(8-9)21(19,20)10-4-5-12(16)11(15)7-10/h4-5,7,9H,6,8H2,1-3H3. The Morgan fingerprint density at radius 3 is 2.43 bits per heavy atom. The second kappa shape index (κ2) is 5.56. The van der Waals surface area contributed by atoms with Gasteiger partial charge in [0.25, 0.3) is 10.0 Å². The first-order chi connectivity index (χ1) is 9.53. The fourth-order valence-corrected chi connectivity index (χ4v) is 4.38. The summed E-state index contributed by atoms with van der Waals surface area (Å²) in [6.45, 7) is 6.27. The number of carbonyl (C=O) groups excluding carboxylic acids is 1. The summed E-state index contributed by atoms with van der Waals surface area (Å²) in [5, 5.41) is 0.425. The number of hydrogen-bond acceptors (Lipinski definition) is 3. The van der Waals surface area contributed by atoms with E-state index in [4.69, 9.17) is 11.6 Å². The molecule has 1 heterocycles. The van der Waals surface area contributed by atoms with Crippen molar-refractivity contribution >= 4 is 43.5 Å². The molecule has 7 heteroatoms. The van der Waals surface area contributed by atoms with Gasteiger partial charge in [0.15, 0.2) is 0 Å². The van der Waals surface area contributed by atoms with Gasteiger partial charge in [-0.25, -0.2) is 12.7 Å². The Morgan fingerprint density at radius 1 is 1.33 bits per heavy atom. The largest absolute Gasteiger partial charge is 0.274 e. The summed E-state index contributed by atoms with van der Waals surface area (Å²) in [7, 11) is -3.83. The zero-order chi connectivity index (χ0) is 16.0. The molecular formula is C14H17BrClNO3S. The number of hydrogen-bond donors (Lipinski definition) is 0. The molecular weight excluding hydrogens is 378 g/mol. The Labute approximate surface area is 138 Å². The molecule has 1 aliphatic rings. The average molecular weight is 395 g/mol. The Hall–Kier alpha value is -0.590.